The molecule has 1 fully saturated rings. The third-order valence-corrected chi connectivity index (χ3v) is 5.83. The maximum absolute atomic E-state index is 4.80. The second kappa shape index (κ2) is 7.41. The monoisotopic (exact) mass is 365 g/mol. The Labute approximate surface area is 158 Å². The van der Waals surface area contributed by atoms with Crippen molar-refractivity contribution in [2.24, 2.45) is 0 Å². The lowest BCUT2D eigenvalue weighted by atomic mass is 10.0. The van der Waals surface area contributed by atoms with Gasteiger partial charge in [-0.1, -0.05) is 36.8 Å². The number of benzene rings is 1. The number of nitrogens with zero attached hydrogens (tertiary/aromatic N) is 4. The van der Waals surface area contributed by atoms with E-state index in [0.717, 1.165) is 36.2 Å². The molecule has 0 radical (unpaired) electrons. The van der Waals surface area contributed by atoms with Crippen molar-refractivity contribution in [3.63, 3.8) is 0 Å². The molecule has 4 rings (SSSR count). The van der Waals surface area contributed by atoms with Crippen molar-refractivity contribution in [1.82, 2.24) is 15.0 Å². The molecule has 0 aliphatic carbocycles. The summed E-state index contributed by atoms with van der Waals surface area (Å²) in [6, 6.07) is 9.20. The fraction of sp³-hybridized carbons (Fsp3) is 0.350. The van der Waals surface area contributed by atoms with E-state index in [0.29, 0.717) is 6.04 Å². The summed E-state index contributed by atoms with van der Waals surface area (Å²) >= 11 is 1.66. The number of nitrogens with one attached hydrogen (secondary N) is 1. The highest BCUT2D eigenvalue weighted by molar-refractivity contribution is 7.15. The van der Waals surface area contributed by atoms with Crippen molar-refractivity contribution in [3.05, 3.63) is 58.9 Å². The van der Waals surface area contributed by atoms with E-state index >= 15 is 0 Å². The number of aromatic nitrogens is 3. The van der Waals surface area contributed by atoms with Gasteiger partial charge in [-0.25, -0.2) is 9.97 Å². The molecule has 2 aromatic heterocycles. The molecular formula is C20H23N5S. The number of rotatable bonds is 5. The van der Waals surface area contributed by atoms with Crippen LogP contribution >= 0.6 is 11.3 Å². The van der Waals surface area contributed by atoms with Crippen LogP contribution in [0.1, 0.15) is 41.8 Å². The van der Waals surface area contributed by atoms with E-state index in [4.69, 9.17) is 4.98 Å². The lowest BCUT2D eigenvalue weighted by Gasteiger charge is -2.26. The minimum atomic E-state index is 0.367. The van der Waals surface area contributed by atoms with Crippen LogP contribution in [-0.4, -0.2) is 21.5 Å². The van der Waals surface area contributed by atoms with Gasteiger partial charge in [0.25, 0.3) is 0 Å². The molecule has 0 bridgehead atoms. The summed E-state index contributed by atoms with van der Waals surface area (Å²) in [4.78, 5) is 17.2. The van der Waals surface area contributed by atoms with Gasteiger partial charge < -0.3 is 10.2 Å². The number of hydrogen-bond acceptors (Lipinski definition) is 6. The minimum Gasteiger partial charge on any atom is -0.348 e. The predicted molar refractivity (Wildman–Crippen MR) is 107 cm³/mol. The molecule has 1 aromatic carbocycles. The maximum atomic E-state index is 4.80. The van der Waals surface area contributed by atoms with Gasteiger partial charge in [-0.2, -0.15) is 0 Å². The van der Waals surface area contributed by atoms with E-state index in [1.54, 1.807) is 17.5 Å². The third-order valence-electron chi connectivity index (χ3n) is 4.77. The Bertz CT molecular complexity index is 874. The van der Waals surface area contributed by atoms with Gasteiger partial charge >= 0.3 is 0 Å². The number of hydrogen-bond donors (Lipinski definition) is 1. The highest BCUT2D eigenvalue weighted by Gasteiger charge is 2.27. The average molecular weight is 366 g/mol. The van der Waals surface area contributed by atoms with Crippen LogP contribution in [0.3, 0.4) is 0 Å². The van der Waals surface area contributed by atoms with E-state index in [9.17, 15) is 0 Å². The zero-order valence-corrected chi connectivity index (χ0v) is 16.0. The van der Waals surface area contributed by atoms with Crippen LogP contribution in [0.4, 0.5) is 16.8 Å². The molecule has 0 amide bonds. The van der Waals surface area contributed by atoms with E-state index in [-0.39, 0.29) is 0 Å². The Balaban J connectivity index is 1.55. The Morgan fingerprint density at radius 2 is 2.04 bits per heavy atom. The van der Waals surface area contributed by atoms with Crippen LogP contribution in [0.25, 0.3) is 0 Å². The molecule has 0 saturated carbocycles. The molecule has 134 valence electrons. The van der Waals surface area contributed by atoms with Crippen LogP contribution in [0.5, 0.6) is 0 Å². The zero-order chi connectivity index (χ0) is 17.9. The Hall–Kier alpha value is -2.47. The van der Waals surface area contributed by atoms with Gasteiger partial charge in [0.15, 0.2) is 10.9 Å². The number of aryl methyl sites for hydroxylation is 2. The van der Waals surface area contributed by atoms with E-state index in [1.807, 2.05) is 12.4 Å². The van der Waals surface area contributed by atoms with Crippen molar-refractivity contribution in [1.29, 1.82) is 0 Å². The molecule has 6 heteroatoms. The van der Waals surface area contributed by atoms with E-state index in [1.165, 1.54) is 22.4 Å². The highest BCUT2D eigenvalue weighted by Crippen LogP contribution is 2.35. The van der Waals surface area contributed by atoms with Crippen LogP contribution in [-0.2, 0) is 6.42 Å². The zero-order valence-electron chi connectivity index (χ0n) is 15.1. The van der Waals surface area contributed by atoms with Gasteiger partial charge in [0, 0.05) is 17.6 Å². The summed E-state index contributed by atoms with van der Waals surface area (Å²) in [6.45, 7) is 5.27. The molecule has 3 aromatic rings. The molecule has 1 saturated heterocycles. The fourth-order valence-corrected chi connectivity index (χ4v) is 4.13. The van der Waals surface area contributed by atoms with Crippen LogP contribution in [0.2, 0.25) is 0 Å². The molecule has 1 atom stereocenters. The third kappa shape index (κ3) is 3.55. The Kier molecular flexibility index (Phi) is 4.84. The first kappa shape index (κ1) is 17.0. The molecular weight excluding hydrogens is 342 g/mol. The summed E-state index contributed by atoms with van der Waals surface area (Å²) in [5, 5.41) is 4.16. The lowest BCUT2D eigenvalue weighted by molar-refractivity contribution is 0.710. The SMILES string of the molecule is CCc1cnc(Nc2cncc(N3CCCC3c3ccc(C)cc3)n2)s1. The van der Waals surface area contributed by atoms with E-state index < -0.39 is 0 Å². The van der Waals surface area contributed by atoms with Crippen molar-refractivity contribution < 1.29 is 0 Å². The Morgan fingerprint density at radius 1 is 1.19 bits per heavy atom. The molecule has 1 aliphatic rings. The van der Waals surface area contributed by atoms with Gasteiger partial charge in [-0.05, 0) is 31.7 Å². The number of thiazole rings is 1. The first-order chi connectivity index (χ1) is 12.7. The summed E-state index contributed by atoms with van der Waals surface area (Å²) in [6.07, 6.45) is 8.85. The van der Waals surface area contributed by atoms with Gasteiger partial charge in [0.05, 0.1) is 18.4 Å². The first-order valence-corrected chi connectivity index (χ1v) is 9.91. The normalized spacial score (nSPS) is 16.8. The van der Waals surface area contributed by atoms with Crippen molar-refractivity contribution in [2.75, 3.05) is 16.8 Å². The van der Waals surface area contributed by atoms with Crippen LogP contribution in [0.15, 0.2) is 42.9 Å². The fourth-order valence-electron chi connectivity index (χ4n) is 3.37. The van der Waals surface area contributed by atoms with Gasteiger partial charge in [0.1, 0.15) is 5.82 Å². The maximum Gasteiger partial charge on any atom is 0.188 e. The summed E-state index contributed by atoms with van der Waals surface area (Å²) in [5.41, 5.74) is 2.64. The smallest absolute Gasteiger partial charge is 0.188 e. The molecule has 1 unspecified atom stereocenters. The molecule has 3 heterocycles. The van der Waals surface area contributed by atoms with Gasteiger partial charge in [0.2, 0.25) is 0 Å². The summed E-state index contributed by atoms with van der Waals surface area (Å²) < 4.78 is 0. The van der Waals surface area contributed by atoms with E-state index in [2.05, 4.69) is 58.3 Å². The molecule has 5 nitrogen and oxygen atoms in total. The van der Waals surface area contributed by atoms with Crippen molar-refractivity contribution in [3.8, 4) is 0 Å². The summed E-state index contributed by atoms with van der Waals surface area (Å²) in [5.74, 6) is 1.67. The topological polar surface area (TPSA) is 53.9 Å². The second-order valence-corrected chi connectivity index (χ2v) is 7.75. The standard InChI is InChI=1S/C20H23N5S/c1-3-16-11-22-20(26-16)24-18-12-21-13-19(23-18)25-10-4-5-17(25)15-8-6-14(2)7-9-15/h6-9,11-13,17H,3-5,10H2,1-2H3,(H,22,23,24). The van der Waals surface area contributed by atoms with Crippen LogP contribution < -0.4 is 10.2 Å². The molecule has 26 heavy (non-hydrogen) atoms. The second-order valence-electron chi connectivity index (χ2n) is 6.63. The van der Waals surface area contributed by atoms with Crippen molar-refractivity contribution >= 4 is 28.1 Å². The van der Waals surface area contributed by atoms with Crippen LogP contribution in [0, 0.1) is 6.92 Å². The largest absolute Gasteiger partial charge is 0.348 e. The summed E-state index contributed by atoms with van der Waals surface area (Å²) in [7, 11) is 0. The van der Waals surface area contributed by atoms with Gasteiger partial charge in [-0.15, -0.1) is 11.3 Å². The predicted octanol–water partition coefficient (Wildman–Crippen LogP) is 4.89. The lowest BCUT2D eigenvalue weighted by Crippen LogP contribution is -2.23. The number of anilines is 3. The first-order valence-electron chi connectivity index (χ1n) is 9.10. The van der Waals surface area contributed by atoms with Gasteiger partial charge in [-0.3, -0.25) is 4.98 Å². The average Bonchev–Trinajstić information content (AvgIpc) is 3.32. The van der Waals surface area contributed by atoms with Crippen molar-refractivity contribution in [2.45, 2.75) is 39.2 Å². The molecule has 1 aliphatic heterocycles. The Morgan fingerprint density at radius 3 is 2.81 bits per heavy atom. The minimum absolute atomic E-state index is 0.367. The molecule has 0 spiro atoms. The molecule has 1 N–H and O–H groups in total. The quantitative estimate of drug-likeness (QED) is 0.698. The highest BCUT2D eigenvalue weighted by atomic mass is 32.1.